The number of nitriles is 1. The van der Waals surface area contributed by atoms with E-state index in [0.717, 1.165) is 5.39 Å². The number of ether oxygens (including phenoxy) is 1. The zero-order valence-electron chi connectivity index (χ0n) is 7.37. The zero-order chi connectivity index (χ0) is 10.1. The van der Waals surface area contributed by atoms with Crippen molar-refractivity contribution in [2.45, 2.75) is 0 Å². The molecule has 1 aromatic carbocycles. The third kappa shape index (κ3) is 1.30. The first-order valence-corrected chi connectivity index (χ1v) is 4.29. The van der Waals surface area contributed by atoms with E-state index in [2.05, 4.69) is 0 Å². The molecule has 1 heterocycles. The second-order valence-electron chi connectivity index (χ2n) is 2.75. The van der Waals surface area contributed by atoms with Gasteiger partial charge in [-0.25, -0.2) is 0 Å². The van der Waals surface area contributed by atoms with Crippen LogP contribution in [0.1, 0.15) is 5.56 Å². The van der Waals surface area contributed by atoms with Crippen molar-refractivity contribution in [3.63, 3.8) is 0 Å². The van der Waals surface area contributed by atoms with E-state index < -0.39 is 0 Å². The Labute approximate surface area is 85.4 Å². The highest BCUT2D eigenvalue weighted by Crippen LogP contribution is 2.31. The van der Waals surface area contributed by atoms with Gasteiger partial charge in [0.1, 0.15) is 11.3 Å². The molecule has 2 aromatic rings. The van der Waals surface area contributed by atoms with Crippen molar-refractivity contribution in [1.82, 2.24) is 0 Å². The molecule has 0 atom stereocenters. The summed E-state index contributed by atoms with van der Waals surface area (Å²) in [5.74, 6) is 0.592. The van der Waals surface area contributed by atoms with Gasteiger partial charge in [0.05, 0.1) is 24.1 Å². The molecule has 0 aliphatic carbocycles. The van der Waals surface area contributed by atoms with Crippen LogP contribution in [0.25, 0.3) is 11.0 Å². The summed E-state index contributed by atoms with van der Waals surface area (Å²) in [5, 5.41) is 9.80. The summed E-state index contributed by atoms with van der Waals surface area (Å²) < 4.78 is 10.3. The minimum absolute atomic E-state index is 0.286. The van der Waals surface area contributed by atoms with E-state index in [4.69, 9.17) is 26.0 Å². The summed E-state index contributed by atoms with van der Waals surface area (Å²) in [6.45, 7) is 0. The molecule has 0 unspecified atom stereocenters. The van der Waals surface area contributed by atoms with Crippen LogP contribution in [0.4, 0.5) is 0 Å². The van der Waals surface area contributed by atoms with E-state index in [1.807, 2.05) is 6.07 Å². The number of fused-ring (bicyclic) bond motifs is 1. The third-order valence-corrected chi connectivity index (χ3v) is 2.10. The molecule has 0 bridgehead atoms. The van der Waals surface area contributed by atoms with Gasteiger partial charge in [-0.15, -0.1) is 0 Å². The van der Waals surface area contributed by atoms with Gasteiger partial charge in [0, 0.05) is 6.07 Å². The summed E-state index contributed by atoms with van der Waals surface area (Å²) in [4.78, 5) is 0. The molecule has 0 radical (unpaired) electrons. The average molecular weight is 208 g/mol. The molecule has 0 amide bonds. The Morgan fingerprint density at radius 2 is 2.21 bits per heavy atom. The van der Waals surface area contributed by atoms with Crippen LogP contribution in [0, 0.1) is 11.3 Å². The Morgan fingerprint density at radius 1 is 1.43 bits per heavy atom. The lowest BCUT2D eigenvalue weighted by Gasteiger charge is -2.00. The number of halogens is 1. The van der Waals surface area contributed by atoms with Gasteiger partial charge in [-0.3, -0.25) is 0 Å². The van der Waals surface area contributed by atoms with E-state index in [9.17, 15) is 0 Å². The van der Waals surface area contributed by atoms with E-state index >= 15 is 0 Å². The Balaban J connectivity index is 2.80. The van der Waals surface area contributed by atoms with E-state index in [1.165, 1.54) is 7.11 Å². The van der Waals surface area contributed by atoms with Crippen LogP contribution in [0.3, 0.4) is 0 Å². The predicted molar refractivity (Wildman–Crippen MR) is 52.5 cm³/mol. The fraction of sp³-hybridized carbons (Fsp3) is 0.100. The van der Waals surface area contributed by atoms with Gasteiger partial charge in [-0.1, -0.05) is 0 Å². The van der Waals surface area contributed by atoms with Gasteiger partial charge in [-0.2, -0.15) is 5.26 Å². The lowest BCUT2D eigenvalue weighted by molar-refractivity contribution is 0.419. The molecule has 2 rings (SSSR count). The number of hydrogen-bond acceptors (Lipinski definition) is 3. The van der Waals surface area contributed by atoms with Crippen LogP contribution in [0.2, 0.25) is 5.22 Å². The quantitative estimate of drug-likeness (QED) is 0.722. The third-order valence-electron chi connectivity index (χ3n) is 1.92. The Kier molecular flexibility index (Phi) is 2.06. The molecule has 0 N–H and O–H groups in total. The van der Waals surface area contributed by atoms with Gasteiger partial charge in [0.15, 0.2) is 5.22 Å². The summed E-state index contributed by atoms with van der Waals surface area (Å²) in [7, 11) is 1.54. The summed E-state index contributed by atoms with van der Waals surface area (Å²) in [6.07, 6.45) is 0. The number of methoxy groups -OCH3 is 1. The van der Waals surface area contributed by atoms with Crippen molar-refractivity contribution in [2.24, 2.45) is 0 Å². The number of nitrogens with zero attached hydrogens (tertiary/aromatic N) is 1. The molecular weight excluding hydrogens is 202 g/mol. The van der Waals surface area contributed by atoms with E-state index in [1.54, 1.807) is 18.2 Å². The Hall–Kier alpha value is -1.66. The first-order valence-electron chi connectivity index (χ1n) is 3.92. The Bertz CT molecular complexity index is 525. The van der Waals surface area contributed by atoms with Crippen molar-refractivity contribution in [1.29, 1.82) is 5.26 Å². The van der Waals surface area contributed by atoms with Crippen LogP contribution >= 0.6 is 11.6 Å². The number of rotatable bonds is 1. The summed E-state index contributed by atoms with van der Waals surface area (Å²) in [5.41, 5.74) is 1.05. The van der Waals surface area contributed by atoms with Gasteiger partial charge in [0.2, 0.25) is 0 Å². The SMILES string of the molecule is COc1cc(C#N)cc2oc(Cl)cc12. The van der Waals surface area contributed by atoms with Crippen LogP contribution in [0.5, 0.6) is 5.75 Å². The second-order valence-corrected chi connectivity index (χ2v) is 3.13. The molecule has 3 nitrogen and oxygen atoms in total. The molecule has 4 heteroatoms. The molecule has 70 valence electrons. The topological polar surface area (TPSA) is 46.2 Å². The molecule has 0 saturated heterocycles. The minimum atomic E-state index is 0.286. The molecule has 0 spiro atoms. The smallest absolute Gasteiger partial charge is 0.194 e. The van der Waals surface area contributed by atoms with Crippen molar-refractivity contribution in [3.05, 3.63) is 29.0 Å². The largest absolute Gasteiger partial charge is 0.496 e. The number of furan rings is 1. The molecule has 1 aromatic heterocycles. The molecular formula is C10H6ClNO2. The second kappa shape index (κ2) is 3.24. The molecule has 0 saturated carbocycles. The molecule has 0 fully saturated rings. The van der Waals surface area contributed by atoms with Crippen LogP contribution in [-0.4, -0.2) is 7.11 Å². The first kappa shape index (κ1) is 8.92. The zero-order valence-corrected chi connectivity index (χ0v) is 8.13. The highest BCUT2D eigenvalue weighted by atomic mass is 35.5. The maximum atomic E-state index is 8.74. The fourth-order valence-corrected chi connectivity index (χ4v) is 1.50. The normalized spacial score (nSPS) is 10.1. The maximum absolute atomic E-state index is 8.74. The lowest BCUT2D eigenvalue weighted by atomic mass is 10.1. The molecule has 0 aliphatic rings. The predicted octanol–water partition coefficient (Wildman–Crippen LogP) is 2.97. The number of hydrogen-bond donors (Lipinski definition) is 0. The lowest BCUT2D eigenvalue weighted by Crippen LogP contribution is -1.84. The average Bonchev–Trinajstić information content (AvgIpc) is 2.56. The summed E-state index contributed by atoms with van der Waals surface area (Å²) in [6, 6.07) is 6.96. The van der Waals surface area contributed by atoms with Gasteiger partial charge >= 0.3 is 0 Å². The summed E-state index contributed by atoms with van der Waals surface area (Å²) >= 11 is 5.70. The van der Waals surface area contributed by atoms with Crippen molar-refractivity contribution < 1.29 is 9.15 Å². The minimum Gasteiger partial charge on any atom is -0.496 e. The highest BCUT2D eigenvalue weighted by molar-refractivity contribution is 6.29. The standard InChI is InChI=1S/C10H6ClNO2/c1-13-8-2-6(5-12)3-9-7(8)4-10(11)14-9/h2-4H,1H3. The van der Waals surface area contributed by atoms with Crippen LogP contribution in [-0.2, 0) is 0 Å². The fourth-order valence-electron chi connectivity index (χ4n) is 1.31. The Morgan fingerprint density at radius 3 is 2.86 bits per heavy atom. The maximum Gasteiger partial charge on any atom is 0.194 e. The van der Waals surface area contributed by atoms with E-state index in [-0.39, 0.29) is 5.22 Å². The monoisotopic (exact) mass is 207 g/mol. The molecule has 14 heavy (non-hydrogen) atoms. The van der Waals surface area contributed by atoms with Crippen LogP contribution < -0.4 is 4.74 Å². The van der Waals surface area contributed by atoms with Gasteiger partial charge in [-0.05, 0) is 23.7 Å². The van der Waals surface area contributed by atoms with Crippen molar-refractivity contribution in [3.8, 4) is 11.8 Å². The highest BCUT2D eigenvalue weighted by Gasteiger charge is 2.09. The van der Waals surface area contributed by atoms with Crippen LogP contribution in [0.15, 0.2) is 22.6 Å². The molecule has 0 aliphatic heterocycles. The first-order chi connectivity index (χ1) is 6.74. The number of benzene rings is 1. The van der Waals surface area contributed by atoms with Crippen molar-refractivity contribution >= 4 is 22.6 Å². The van der Waals surface area contributed by atoms with Gasteiger partial charge in [0.25, 0.3) is 0 Å². The van der Waals surface area contributed by atoms with Gasteiger partial charge < -0.3 is 9.15 Å². The van der Waals surface area contributed by atoms with Crippen molar-refractivity contribution in [2.75, 3.05) is 7.11 Å². The van der Waals surface area contributed by atoms with E-state index in [0.29, 0.717) is 16.9 Å².